The molecule has 0 amide bonds. The molecule has 0 spiro atoms. The van der Waals surface area contributed by atoms with Crippen LogP contribution in [0.5, 0.6) is 0 Å². The molecule has 2 N–H and O–H groups in total. The Morgan fingerprint density at radius 1 is 1.26 bits per heavy atom. The van der Waals surface area contributed by atoms with Crippen molar-refractivity contribution in [3.05, 3.63) is 39.4 Å². The highest BCUT2D eigenvalue weighted by Crippen LogP contribution is 2.35. The van der Waals surface area contributed by atoms with Gasteiger partial charge < -0.3 is 10.3 Å². The quantitative estimate of drug-likeness (QED) is 0.653. The Morgan fingerprint density at radius 3 is 2.79 bits per heavy atom. The molecule has 1 aromatic carbocycles. The van der Waals surface area contributed by atoms with Crippen LogP contribution in [-0.2, 0) is 7.05 Å². The normalized spacial score (nSPS) is 11.1. The number of nitrogen functional groups attached to an aromatic ring is 1. The molecule has 4 nitrogen and oxygen atoms in total. The van der Waals surface area contributed by atoms with Gasteiger partial charge in [0.15, 0.2) is 5.65 Å². The van der Waals surface area contributed by atoms with Crippen molar-refractivity contribution >= 4 is 48.7 Å². The zero-order valence-electron chi connectivity index (χ0n) is 10.1. The van der Waals surface area contributed by atoms with E-state index in [9.17, 15) is 0 Å². The summed E-state index contributed by atoms with van der Waals surface area (Å²) in [4.78, 5) is 8.82. The lowest BCUT2D eigenvalue weighted by molar-refractivity contribution is 0.959. The van der Waals surface area contributed by atoms with Gasteiger partial charge in [-0.3, -0.25) is 0 Å². The second kappa shape index (κ2) is 4.61. The SMILES string of the molecule is Cn1c(-c2cc(Br)cc(Br)c2N)nc2ncccc21. The fourth-order valence-electron chi connectivity index (χ4n) is 2.04. The van der Waals surface area contributed by atoms with Gasteiger partial charge in [-0.15, -0.1) is 0 Å². The predicted octanol–water partition coefficient (Wildman–Crippen LogP) is 3.74. The highest BCUT2D eigenvalue weighted by Gasteiger charge is 2.15. The van der Waals surface area contributed by atoms with Crippen LogP contribution in [0.1, 0.15) is 0 Å². The zero-order valence-corrected chi connectivity index (χ0v) is 13.2. The van der Waals surface area contributed by atoms with E-state index in [1.165, 1.54) is 0 Å². The number of aryl methyl sites for hydroxylation is 1. The summed E-state index contributed by atoms with van der Waals surface area (Å²) in [5, 5.41) is 0. The standard InChI is InChI=1S/C13H10Br2N4/c1-19-10-3-2-4-17-12(10)18-13(19)8-5-7(14)6-9(15)11(8)16/h2-6H,16H2,1H3. The van der Waals surface area contributed by atoms with Crippen LogP contribution in [0, 0.1) is 0 Å². The smallest absolute Gasteiger partial charge is 0.178 e. The Labute approximate surface area is 126 Å². The first kappa shape index (κ1) is 12.6. The van der Waals surface area contributed by atoms with Gasteiger partial charge in [-0.05, 0) is 40.2 Å². The molecule has 0 saturated heterocycles. The molecular formula is C13H10Br2N4. The molecule has 2 aromatic heterocycles. The zero-order chi connectivity index (χ0) is 13.6. The molecule has 0 fully saturated rings. The summed E-state index contributed by atoms with van der Waals surface area (Å²) in [7, 11) is 1.96. The third kappa shape index (κ3) is 2.04. The second-order valence-electron chi connectivity index (χ2n) is 4.19. The molecule has 0 radical (unpaired) electrons. The van der Waals surface area contributed by atoms with Crippen molar-refractivity contribution in [1.82, 2.24) is 14.5 Å². The lowest BCUT2D eigenvalue weighted by Crippen LogP contribution is -1.98. The molecule has 0 saturated carbocycles. The van der Waals surface area contributed by atoms with Crippen LogP contribution in [0.25, 0.3) is 22.6 Å². The van der Waals surface area contributed by atoms with E-state index in [0.717, 1.165) is 31.5 Å². The van der Waals surface area contributed by atoms with Crippen molar-refractivity contribution in [2.24, 2.45) is 7.05 Å². The van der Waals surface area contributed by atoms with Crippen LogP contribution < -0.4 is 5.73 Å². The molecule has 96 valence electrons. The number of aromatic nitrogens is 3. The molecule has 0 aliphatic heterocycles. The number of rotatable bonds is 1. The van der Waals surface area contributed by atoms with E-state index in [0.29, 0.717) is 5.69 Å². The van der Waals surface area contributed by atoms with Gasteiger partial charge in [0, 0.05) is 27.8 Å². The van der Waals surface area contributed by atoms with Crippen molar-refractivity contribution in [3.63, 3.8) is 0 Å². The largest absolute Gasteiger partial charge is 0.397 e. The third-order valence-electron chi connectivity index (χ3n) is 2.99. The lowest BCUT2D eigenvalue weighted by atomic mass is 10.1. The molecule has 19 heavy (non-hydrogen) atoms. The van der Waals surface area contributed by atoms with E-state index in [4.69, 9.17) is 5.73 Å². The third-order valence-corrected chi connectivity index (χ3v) is 4.11. The van der Waals surface area contributed by atoms with Gasteiger partial charge in [0.05, 0.1) is 11.2 Å². The van der Waals surface area contributed by atoms with Crippen molar-refractivity contribution in [2.45, 2.75) is 0 Å². The second-order valence-corrected chi connectivity index (χ2v) is 5.96. The maximum atomic E-state index is 6.13. The van der Waals surface area contributed by atoms with Crippen molar-refractivity contribution in [1.29, 1.82) is 0 Å². The number of nitrogens with zero attached hydrogens (tertiary/aromatic N) is 3. The first-order valence-electron chi connectivity index (χ1n) is 5.60. The van der Waals surface area contributed by atoms with E-state index in [2.05, 4.69) is 41.8 Å². The van der Waals surface area contributed by atoms with E-state index in [-0.39, 0.29) is 0 Å². The minimum absolute atomic E-state index is 0.668. The van der Waals surface area contributed by atoms with Crippen LogP contribution in [0.4, 0.5) is 5.69 Å². The Balaban J connectivity index is 2.33. The maximum Gasteiger partial charge on any atom is 0.178 e. The Bertz CT molecular complexity index is 780. The maximum absolute atomic E-state index is 6.13. The van der Waals surface area contributed by atoms with Crippen LogP contribution >= 0.6 is 31.9 Å². The molecule has 3 aromatic rings. The number of nitrogens with two attached hydrogens (primary N) is 1. The summed E-state index contributed by atoms with van der Waals surface area (Å²) in [5.74, 6) is 0.799. The first-order valence-corrected chi connectivity index (χ1v) is 7.19. The van der Waals surface area contributed by atoms with Crippen molar-refractivity contribution in [2.75, 3.05) is 5.73 Å². The number of halogens is 2. The summed E-state index contributed by atoms with van der Waals surface area (Å²) in [6.45, 7) is 0. The van der Waals surface area contributed by atoms with E-state index >= 15 is 0 Å². The average Bonchev–Trinajstić information content (AvgIpc) is 2.72. The van der Waals surface area contributed by atoms with Crippen LogP contribution in [0.3, 0.4) is 0 Å². The van der Waals surface area contributed by atoms with Gasteiger partial charge in [0.1, 0.15) is 5.82 Å². The predicted molar refractivity (Wildman–Crippen MR) is 83.8 cm³/mol. The number of fused-ring (bicyclic) bond motifs is 1. The van der Waals surface area contributed by atoms with Crippen molar-refractivity contribution < 1.29 is 0 Å². The Morgan fingerprint density at radius 2 is 2.05 bits per heavy atom. The Hall–Kier alpha value is -1.40. The summed E-state index contributed by atoms with van der Waals surface area (Å²) < 4.78 is 3.79. The summed E-state index contributed by atoms with van der Waals surface area (Å²) >= 11 is 6.93. The monoisotopic (exact) mass is 380 g/mol. The highest BCUT2D eigenvalue weighted by atomic mass is 79.9. The number of benzene rings is 1. The Kier molecular flexibility index (Phi) is 3.06. The molecule has 0 unspecified atom stereocenters. The van der Waals surface area contributed by atoms with E-state index < -0.39 is 0 Å². The van der Waals surface area contributed by atoms with Crippen LogP contribution in [0.2, 0.25) is 0 Å². The number of hydrogen-bond acceptors (Lipinski definition) is 3. The first-order chi connectivity index (χ1) is 9.08. The average molecular weight is 382 g/mol. The summed E-state index contributed by atoms with van der Waals surface area (Å²) in [6, 6.07) is 7.76. The number of imidazole rings is 1. The number of anilines is 1. The number of pyridine rings is 1. The fourth-order valence-corrected chi connectivity index (χ4v) is 3.26. The van der Waals surface area contributed by atoms with E-state index in [1.54, 1.807) is 6.20 Å². The summed E-state index contributed by atoms with van der Waals surface area (Å²) in [5.41, 5.74) is 9.38. The molecule has 3 rings (SSSR count). The molecule has 6 heteroatoms. The van der Waals surface area contributed by atoms with Gasteiger partial charge >= 0.3 is 0 Å². The van der Waals surface area contributed by atoms with Gasteiger partial charge in [0.2, 0.25) is 0 Å². The van der Waals surface area contributed by atoms with Crippen LogP contribution in [-0.4, -0.2) is 14.5 Å². The van der Waals surface area contributed by atoms with E-state index in [1.807, 2.05) is 35.9 Å². The van der Waals surface area contributed by atoms with Gasteiger partial charge in [0.25, 0.3) is 0 Å². The molecule has 2 heterocycles. The van der Waals surface area contributed by atoms with Crippen LogP contribution in [0.15, 0.2) is 39.4 Å². The van der Waals surface area contributed by atoms with Gasteiger partial charge in [-0.25, -0.2) is 9.97 Å². The molecule has 0 aliphatic carbocycles. The number of hydrogen-bond donors (Lipinski definition) is 1. The molecule has 0 bridgehead atoms. The molecule has 0 atom stereocenters. The molecular weight excluding hydrogens is 372 g/mol. The summed E-state index contributed by atoms with van der Waals surface area (Å²) in [6.07, 6.45) is 1.74. The van der Waals surface area contributed by atoms with Gasteiger partial charge in [-0.2, -0.15) is 0 Å². The van der Waals surface area contributed by atoms with Crippen molar-refractivity contribution in [3.8, 4) is 11.4 Å². The minimum atomic E-state index is 0.668. The molecule has 0 aliphatic rings. The topological polar surface area (TPSA) is 56.7 Å². The highest BCUT2D eigenvalue weighted by molar-refractivity contribution is 9.11. The fraction of sp³-hybridized carbons (Fsp3) is 0.0769. The van der Waals surface area contributed by atoms with Gasteiger partial charge in [-0.1, -0.05) is 15.9 Å². The minimum Gasteiger partial charge on any atom is -0.397 e. The lowest BCUT2D eigenvalue weighted by Gasteiger charge is -2.08.